The van der Waals surface area contributed by atoms with Crippen LogP contribution in [-0.4, -0.2) is 10.9 Å². The van der Waals surface area contributed by atoms with Gasteiger partial charge >= 0.3 is 0 Å². The highest BCUT2D eigenvalue weighted by molar-refractivity contribution is 14.1. The third-order valence-electron chi connectivity index (χ3n) is 2.32. The number of phenols is 1. The number of rotatable bonds is 0. The summed E-state index contributed by atoms with van der Waals surface area (Å²) < 4.78 is 0.825. The molecule has 0 atom stereocenters. The van der Waals surface area contributed by atoms with Crippen LogP contribution >= 0.6 is 22.6 Å². The number of carbonyl (C=O) groups excluding carboxylic acids is 1. The van der Waals surface area contributed by atoms with Crippen LogP contribution in [0.1, 0.15) is 28.8 Å². The molecule has 1 N–H and O–H groups in total. The molecule has 0 saturated heterocycles. The molecule has 0 fully saturated rings. The molecule has 0 radical (unpaired) electrons. The number of fused-ring (bicyclic) bond motifs is 1. The summed E-state index contributed by atoms with van der Waals surface area (Å²) in [7, 11) is 0. The van der Waals surface area contributed by atoms with Crippen LogP contribution < -0.4 is 0 Å². The van der Waals surface area contributed by atoms with Gasteiger partial charge in [0.25, 0.3) is 0 Å². The van der Waals surface area contributed by atoms with Gasteiger partial charge in [-0.15, -0.1) is 0 Å². The molecule has 0 heterocycles. The largest absolute Gasteiger partial charge is 0.507 e. The molecule has 2 rings (SSSR count). The van der Waals surface area contributed by atoms with Gasteiger partial charge in [-0.25, -0.2) is 0 Å². The number of aromatic hydroxyl groups is 1. The van der Waals surface area contributed by atoms with Crippen molar-refractivity contribution in [3.8, 4) is 5.75 Å². The molecule has 0 saturated carbocycles. The molecule has 0 aromatic heterocycles. The summed E-state index contributed by atoms with van der Waals surface area (Å²) in [6.45, 7) is 0. The van der Waals surface area contributed by atoms with Crippen molar-refractivity contribution in [1.29, 1.82) is 0 Å². The molecule has 68 valence electrons. The maximum Gasteiger partial charge on any atom is 0.163 e. The van der Waals surface area contributed by atoms with Crippen molar-refractivity contribution >= 4 is 28.4 Å². The van der Waals surface area contributed by atoms with E-state index in [0.717, 1.165) is 22.0 Å². The van der Waals surface area contributed by atoms with Gasteiger partial charge < -0.3 is 5.11 Å². The molecule has 1 aliphatic carbocycles. The Morgan fingerprint density at radius 3 is 2.85 bits per heavy atom. The Balaban J connectivity index is 2.58. The van der Waals surface area contributed by atoms with E-state index >= 15 is 0 Å². The SMILES string of the molecule is O=C1CCCc2cc(I)c(O)cc21. The van der Waals surface area contributed by atoms with E-state index in [0.29, 0.717) is 12.0 Å². The third-order valence-corrected chi connectivity index (χ3v) is 3.19. The highest BCUT2D eigenvalue weighted by Crippen LogP contribution is 2.29. The molecule has 0 amide bonds. The first-order valence-electron chi connectivity index (χ1n) is 4.23. The molecule has 2 nitrogen and oxygen atoms in total. The second-order valence-electron chi connectivity index (χ2n) is 3.24. The molecule has 0 spiro atoms. The number of halogens is 1. The van der Waals surface area contributed by atoms with Crippen molar-refractivity contribution in [2.45, 2.75) is 19.3 Å². The van der Waals surface area contributed by atoms with Crippen molar-refractivity contribution in [3.63, 3.8) is 0 Å². The van der Waals surface area contributed by atoms with Crippen molar-refractivity contribution in [2.24, 2.45) is 0 Å². The Morgan fingerprint density at radius 1 is 1.31 bits per heavy atom. The molecular weight excluding hydrogens is 279 g/mol. The van der Waals surface area contributed by atoms with Crippen molar-refractivity contribution in [1.82, 2.24) is 0 Å². The molecular formula is C10H9IO2. The Morgan fingerprint density at radius 2 is 2.08 bits per heavy atom. The molecule has 3 heteroatoms. The van der Waals surface area contributed by atoms with Crippen molar-refractivity contribution < 1.29 is 9.90 Å². The van der Waals surface area contributed by atoms with Crippen LogP contribution in [0.25, 0.3) is 0 Å². The van der Waals surface area contributed by atoms with E-state index in [1.165, 1.54) is 0 Å². The Labute approximate surface area is 90.1 Å². The van der Waals surface area contributed by atoms with E-state index in [1.54, 1.807) is 6.07 Å². The lowest BCUT2D eigenvalue weighted by Gasteiger charge is -2.15. The summed E-state index contributed by atoms with van der Waals surface area (Å²) in [6.07, 6.45) is 2.51. The van der Waals surface area contributed by atoms with Gasteiger partial charge in [-0.3, -0.25) is 4.79 Å². The van der Waals surface area contributed by atoms with Gasteiger partial charge in [0, 0.05) is 12.0 Å². The first-order chi connectivity index (χ1) is 6.18. The van der Waals surface area contributed by atoms with Crippen LogP contribution in [0.3, 0.4) is 0 Å². The van der Waals surface area contributed by atoms with Crippen LogP contribution in [0.4, 0.5) is 0 Å². The van der Waals surface area contributed by atoms with E-state index in [2.05, 4.69) is 22.6 Å². The van der Waals surface area contributed by atoms with Crippen molar-refractivity contribution in [2.75, 3.05) is 0 Å². The molecule has 1 aromatic rings. The summed E-state index contributed by atoms with van der Waals surface area (Å²) in [5.74, 6) is 0.377. The highest BCUT2D eigenvalue weighted by Gasteiger charge is 2.18. The molecule has 1 aliphatic rings. The molecule has 13 heavy (non-hydrogen) atoms. The summed E-state index contributed by atoms with van der Waals surface area (Å²) in [4.78, 5) is 11.4. The molecule has 0 unspecified atom stereocenters. The fourth-order valence-electron chi connectivity index (χ4n) is 1.64. The molecule has 0 bridgehead atoms. The molecule has 1 aromatic carbocycles. The van der Waals surface area contributed by atoms with Crippen molar-refractivity contribution in [3.05, 3.63) is 26.8 Å². The number of hydrogen-bond acceptors (Lipinski definition) is 2. The van der Waals surface area contributed by atoms with Gasteiger partial charge in [-0.05, 0) is 53.1 Å². The standard InChI is InChI=1S/C10H9IO2/c11-8-4-6-2-1-3-9(12)7(6)5-10(8)13/h4-5,13H,1-3H2. The van der Waals surface area contributed by atoms with Gasteiger partial charge in [0.2, 0.25) is 0 Å². The quantitative estimate of drug-likeness (QED) is 0.745. The average molecular weight is 288 g/mol. The summed E-state index contributed by atoms with van der Waals surface area (Å²) in [5, 5.41) is 9.43. The summed E-state index contributed by atoms with van der Waals surface area (Å²) in [5.41, 5.74) is 1.79. The predicted octanol–water partition coefficient (Wildman–Crippen LogP) is 2.52. The first-order valence-corrected chi connectivity index (χ1v) is 5.31. The fourth-order valence-corrected chi connectivity index (χ4v) is 2.18. The number of carbonyl (C=O) groups is 1. The monoisotopic (exact) mass is 288 g/mol. The van der Waals surface area contributed by atoms with Gasteiger partial charge in [0.1, 0.15) is 5.75 Å². The number of hydrogen-bond donors (Lipinski definition) is 1. The predicted molar refractivity (Wildman–Crippen MR) is 58.1 cm³/mol. The van der Waals surface area contributed by atoms with Crippen LogP contribution in [-0.2, 0) is 6.42 Å². The first kappa shape index (κ1) is 8.99. The zero-order valence-electron chi connectivity index (χ0n) is 7.01. The van der Waals surface area contributed by atoms with E-state index < -0.39 is 0 Å². The zero-order chi connectivity index (χ0) is 9.42. The maximum atomic E-state index is 11.4. The van der Waals surface area contributed by atoms with Crippen LogP contribution in [0.2, 0.25) is 0 Å². The lowest BCUT2D eigenvalue weighted by Crippen LogP contribution is -2.10. The summed E-state index contributed by atoms with van der Waals surface area (Å²) in [6, 6.07) is 3.50. The number of phenolic OH excluding ortho intramolecular Hbond substituents is 1. The Hall–Kier alpha value is -0.580. The minimum absolute atomic E-state index is 0.160. The van der Waals surface area contributed by atoms with Gasteiger partial charge in [-0.1, -0.05) is 0 Å². The van der Waals surface area contributed by atoms with Crippen LogP contribution in [0, 0.1) is 3.57 Å². The van der Waals surface area contributed by atoms with Gasteiger partial charge in [0.05, 0.1) is 3.57 Å². The summed E-state index contributed by atoms with van der Waals surface area (Å²) >= 11 is 2.08. The minimum atomic E-state index is 0.160. The smallest absolute Gasteiger partial charge is 0.163 e. The number of aryl methyl sites for hydroxylation is 1. The second-order valence-corrected chi connectivity index (χ2v) is 4.40. The number of Topliss-reactive ketones (excluding diaryl/α,β-unsaturated/α-hetero) is 1. The fraction of sp³-hybridized carbons (Fsp3) is 0.300. The Kier molecular flexibility index (Phi) is 2.27. The van der Waals surface area contributed by atoms with E-state index in [-0.39, 0.29) is 11.5 Å². The zero-order valence-corrected chi connectivity index (χ0v) is 9.17. The second kappa shape index (κ2) is 3.29. The van der Waals surface area contributed by atoms with Crippen LogP contribution in [0.5, 0.6) is 5.75 Å². The minimum Gasteiger partial charge on any atom is -0.507 e. The maximum absolute atomic E-state index is 11.4. The van der Waals surface area contributed by atoms with Gasteiger partial charge in [0.15, 0.2) is 5.78 Å². The number of benzene rings is 1. The van der Waals surface area contributed by atoms with Gasteiger partial charge in [-0.2, -0.15) is 0 Å². The third kappa shape index (κ3) is 1.57. The van der Waals surface area contributed by atoms with E-state index in [4.69, 9.17) is 0 Å². The van der Waals surface area contributed by atoms with Crippen LogP contribution in [0.15, 0.2) is 12.1 Å². The number of ketones is 1. The van der Waals surface area contributed by atoms with E-state index in [1.807, 2.05) is 6.07 Å². The lowest BCUT2D eigenvalue weighted by atomic mass is 9.91. The normalized spacial score (nSPS) is 15.6. The van der Waals surface area contributed by atoms with E-state index in [9.17, 15) is 9.90 Å². The average Bonchev–Trinajstić information content (AvgIpc) is 2.09. The lowest BCUT2D eigenvalue weighted by molar-refractivity contribution is 0.0972. The molecule has 0 aliphatic heterocycles. The highest BCUT2D eigenvalue weighted by atomic mass is 127. The topological polar surface area (TPSA) is 37.3 Å². The Bertz CT molecular complexity index is 371.